The zero-order chi connectivity index (χ0) is 19.3. The number of nitrogens with zero attached hydrogens (tertiary/aromatic N) is 3. The molecule has 0 aliphatic carbocycles. The molecule has 0 N–H and O–H groups in total. The van der Waals surface area contributed by atoms with Crippen molar-refractivity contribution in [3.05, 3.63) is 35.4 Å². The molecule has 6 nitrogen and oxygen atoms in total. The van der Waals surface area contributed by atoms with Gasteiger partial charge in [0.05, 0.1) is 30.1 Å². The molecule has 1 aromatic rings. The molecule has 144 valence electrons. The van der Waals surface area contributed by atoms with E-state index in [4.69, 9.17) is 10.00 Å². The monoisotopic (exact) mass is 369 g/mol. The molecule has 2 aliphatic rings. The summed E-state index contributed by atoms with van der Waals surface area (Å²) < 4.78 is 5.12. The van der Waals surface area contributed by atoms with Crippen molar-refractivity contribution in [1.29, 1.82) is 5.26 Å². The highest BCUT2D eigenvalue weighted by atomic mass is 16.5. The molecule has 2 amide bonds. The van der Waals surface area contributed by atoms with Gasteiger partial charge in [-0.2, -0.15) is 5.26 Å². The van der Waals surface area contributed by atoms with Crippen molar-refractivity contribution in [3.63, 3.8) is 0 Å². The second-order valence-electron chi connectivity index (χ2n) is 7.54. The molecular weight excluding hydrogens is 342 g/mol. The molecule has 2 heterocycles. The molecular formula is C21H27N3O3. The van der Waals surface area contributed by atoms with E-state index < -0.39 is 0 Å². The largest absolute Gasteiger partial charge is 0.383 e. The van der Waals surface area contributed by atoms with Crippen LogP contribution in [0.3, 0.4) is 0 Å². The maximum Gasteiger partial charge on any atom is 0.229 e. The second-order valence-corrected chi connectivity index (χ2v) is 7.54. The van der Waals surface area contributed by atoms with Crippen molar-refractivity contribution in [1.82, 2.24) is 9.80 Å². The third-order valence-electron chi connectivity index (χ3n) is 5.90. The number of rotatable bonds is 5. The predicted octanol–water partition coefficient (Wildman–Crippen LogP) is 1.98. The third-order valence-corrected chi connectivity index (χ3v) is 5.90. The number of carbonyl (C=O) groups is 2. The van der Waals surface area contributed by atoms with Gasteiger partial charge in [-0.1, -0.05) is 12.1 Å². The van der Waals surface area contributed by atoms with Gasteiger partial charge in [-0.15, -0.1) is 0 Å². The van der Waals surface area contributed by atoms with Crippen LogP contribution in [0.15, 0.2) is 24.3 Å². The molecule has 6 heteroatoms. The quantitative estimate of drug-likeness (QED) is 0.795. The van der Waals surface area contributed by atoms with Crippen molar-refractivity contribution in [2.75, 3.05) is 39.9 Å². The number of amides is 2. The fourth-order valence-electron chi connectivity index (χ4n) is 4.20. The number of likely N-dealkylation sites (tertiary alicyclic amines) is 2. The van der Waals surface area contributed by atoms with Crippen LogP contribution in [0.1, 0.15) is 36.8 Å². The molecule has 0 saturated carbocycles. The maximum atomic E-state index is 13.0. The van der Waals surface area contributed by atoms with Crippen molar-refractivity contribution in [2.45, 2.75) is 32.1 Å². The van der Waals surface area contributed by atoms with Crippen LogP contribution in [0.25, 0.3) is 0 Å². The molecule has 0 radical (unpaired) electrons. The van der Waals surface area contributed by atoms with Gasteiger partial charge in [0.25, 0.3) is 0 Å². The van der Waals surface area contributed by atoms with Crippen molar-refractivity contribution >= 4 is 11.8 Å². The highest BCUT2D eigenvalue weighted by Crippen LogP contribution is 2.41. The molecule has 0 aromatic heterocycles. The molecule has 0 atom stereocenters. The van der Waals surface area contributed by atoms with E-state index in [0.717, 1.165) is 37.8 Å². The van der Waals surface area contributed by atoms with Crippen LogP contribution in [-0.4, -0.2) is 61.5 Å². The average Bonchev–Trinajstić information content (AvgIpc) is 2.70. The number of hydrogen-bond acceptors (Lipinski definition) is 4. The number of hydrogen-bond donors (Lipinski definition) is 0. The first-order valence-corrected chi connectivity index (χ1v) is 9.63. The summed E-state index contributed by atoms with van der Waals surface area (Å²) in [5, 5.41) is 8.86. The summed E-state index contributed by atoms with van der Waals surface area (Å²) in [6.07, 6.45) is 3.77. The predicted molar refractivity (Wildman–Crippen MR) is 101 cm³/mol. The van der Waals surface area contributed by atoms with Crippen LogP contribution in [0.5, 0.6) is 0 Å². The molecule has 1 spiro atoms. The SMILES string of the molecule is COCCN1CCCC2(CCN(C(=O)Cc3ccc(C#N)cc3)CC2)C1=O. The minimum absolute atomic E-state index is 0.0917. The fourth-order valence-corrected chi connectivity index (χ4v) is 4.20. The van der Waals surface area contributed by atoms with Gasteiger partial charge in [0.15, 0.2) is 0 Å². The summed E-state index contributed by atoms with van der Waals surface area (Å²) in [7, 11) is 1.65. The van der Waals surface area contributed by atoms with Crippen LogP contribution in [0.4, 0.5) is 0 Å². The number of carbonyl (C=O) groups excluding carboxylic acids is 2. The van der Waals surface area contributed by atoms with Crippen LogP contribution in [0.2, 0.25) is 0 Å². The Bertz CT molecular complexity index is 715. The van der Waals surface area contributed by atoms with E-state index in [9.17, 15) is 9.59 Å². The highest BCUT2D eigenvalue weighted by molar-refractivity contribution is 5.84. The summed E-state index contributed by atoms with van der Waals surface area (Å²) in [5.41, 5.74) is 1.22. The lowest BCUT2D eigenvalue weighted by molar-refractivity contribution is -0.153. The van der Waals surface area contributed by atoms with Gasteiger partial charge < -0.3 is 14.5 Å². The van der Waals surface area contributed by atoms with E-state index in [0.29, 0.717) is 38.2 Å². The normalized spacial score (nSPS) is 19.2. The molecule has 3 rings (SSSR count). The average molecular weight is 369 g/mol. The van der Waals surface area contributed by atoms with E-state index in [1.165, 1.54) is 0 Å². The van der Waals surface area contributed by atoms with Crippen molar-refractivity contribution in [2.24, 2.45) is 5.41 Å². The van der Waals surface area contributed by atoms with Gasteiger partial charge in [-0.3, -0.25) is 9.59 Å². The van der Waals surface area contributed by atoms with Crippen LogP contribution in [-0.2, 0) is 20.7 Å². The number of nitriles is 1. The Morgan fingerprint density at radius 2 is 1.89 bits per heavy atom. The number of benzene rings is 1. The Kier molecular flexibility index (Phi) is 6.12. The lowest BCUT2D eigenvalue weighted by Crippen LogP contribution is -2.55. The summed E-state index contributed by atoms with van der Waals surface area (Å²) in [5.74, 6) is 0.332. The molecule has 0 unspecified atom stereocenters. The van der Waals surface area contributed by atoms with Gasteiger partial charge in [0.2, 0.25) is 11.8 Å². The summed E-state index contributed by atoms with van der Waals surface area (Å²) >= 11 is 0. The highest BCUT2D eigenvalue weighted by Gasteiger charge is 2.45. The van der Waals surface area contributed by atoms with E-state index >= 15 is 0 Å². The Hall–Kier alpha value is -2.39. The van der Waals surface area contributed by atoms with Crippen LogP contribution >= 0.6 is 0 Å². The summed E-state index contributed by atoms with van der Waals surface area (Å²) in [6, 6.07) is 9.23. The lowest BCUT2D eigenvalue weighted by atomic mass is 9.71. The van der Waals surface area contributed by atoms with Gasteiger partial charge >= 0.3 is 0 Å². The zero-order valence-electron chi connectivity index (χ0n) is 15.9. The molecule has 27 heavy (non-hydrogen) atoms. The first kappa shape index (κ1) is 19.4. The Morgan fingerprint density at radius 1 is 1.19 bits per heavy atom. The minimum atomic E-state index is -0.294. The van der Waals surface area contributed by atoms with E-state index in [1.54, 1.807) is 19.2 Å². The maximum absolute atomic E-state index is 13.0. The molecule has 2 fully saturated rings. The number of ether oxygens (including phenoxy) is 1. The summed E-state index contributed by atoms with van der Waals surface area (Å²) in [4.78, 5) is 29.4. The molecule has 0 bridgehead atoms. The van der Waals surface area contributed by atoms with E-state index in [1.807, 2.05) is 21.9 Å². The van der Waals surface area contributed by atoms with Crippen LogP contribution < -0.4 is 0 Å². The first-order valence-electron chi connectivity index (χ1n) is 9.63. The van der Waals surface area contributed by atoms with Crippen molar-refractivity contribution < 1.29 is 14.3 Å². The number of methoxy groups -OCH3 is 1. The molecule has 1 aromatic carbocycles. The van der Waals surface area contributed by atoms with Gasteiger partial charge in [-0.05, 0) is 43.4 Å². The molecule has 2 aliphatic heterocycles. The standard InChI is InChI=1S/C21H27N3O3/c1-27-14-13-24-10-2-7-21(20(24)26)8-11-23(12-9-21)19(25)15-17-3-5-18(16-22)6-4-17/h3-6H,2,7-15H2,1H3. The van der Waals surface area contributed by atoms with E-state index in [2.05, 4.69) is 6.07 Å². The Labute approximate surface area is 160 Å². The lowest BCUT2D eigenvalue weighted by Gasteiger charge is -2.46. The topological polar surface area (TPSA) is 73.6 Å². The third kappa shape index (κ3) is 4.30. The van der Waals surface area contributed by atoms with Gasteiger partial charge in [0.1, 0.15) is 0 Å². The zero-order valence-corrected chi connectivity index (χ0v) is 15.9. The number of piperidine rings is 2. The van der Waals surface area contributed by atoms with Gasteiger partial charge in [-0.25, -0.2) is 0 Å². The first-order chi connectivity index (χ1) is 13.1. The Morgan fingerprint density at radius 3 is 2.52 bits per heavy atom. The second kappa shape index (κ2) is 8.53. The van der Waals surface area contributed by atoms with Gasteiger partial charge in [0, 0.05) is 33.3 Å². The fraction of sp³-hybridized carbons (Fsp3) is 0.571. The van der Waals surface area contributed by atoms with E-state index in [-0.39, 0.29) is 17.2 Å². The smallest absolute Gasteiger partial charge is 0.229 e. The Balaban J connectivity index is 1.56. The molecule has 2 saturated heterocycles. The van der Waals surface area contributed by atoms with Crippen molar-refractivity contribution in [3.8, 4) is 6.07 Å². The summed E-state index contributed by atoms with van der Waals surface area (Å²) in [6.45, 7) is 3.30. The minimum Gasteiger partial charge on any atom is -0.383 e. The van der Waals surface area contributed by atoms with Crippen LogP contribution in [0, 0.1) is 16.7 Å².